The molecule has 0 bridgehead atoms. The number of amides is 2. The van der Waals surface area contributed by atoms with Gasteiger partial charge in [0.15, 0.2) is 5.16 Å². The van der Waals surface area contributed by atoms with E-state index in [0.29, 0.717) is 21.8 Å². The third-order valence-electron chi connectivity index (χ3n) is 4.97. The summed E-state index contributed by atoms with van der Waals surface area (Å²) in [6.07, 6.45) is 1.61. The van der Waals surface area contributed by atoms with Crippen molar-refractivity contribution in [2.75, 3.05) is 17.6 Å². The number of allylic oxidation sites excluding steroid dienone is 1. The lowest BCUT2D eigenvalue weighted by atomic mass is 10.2. The molecular weight excluding hydrogens is 454 g/mol. The molecule has 0 saturated heterocycles. The third-order valence-corrected chi connectivity index (χ3v) is 5.90. The number of anilines is 1. The number of thioether (sulfide) groups is 1. The minimum atomic E-state index is -0.408. The van der Waals surface area contributed by atoms with E-state index in [1.165, 1.54) is 4.57 Å². The van der Waals surface area contributed by atoms with E-state index >= 15 is 0 Å². The molecule has 0 atom stereocenters. The number of rotatable bonds is 8. The average Bonchev–Trinajstić information content (AvgIpc) is 3.27. The van der Waals surface area contributed by atoms with Crippen molar-refractivity contribution in [3.63, 3.8) is 0 Å². The summed E-state index contributed by atoms with van der Waals surface area (Å²) in [5.74, 6) is -0.441. The minimum absolute atomic E-state index is 0.0120. The van der Waals surface area contributed by atoms with Crippen LogP contribution in [0.25, 0.3) is 16.7 Å². The Hall–Kier alpha value is -4.12. The highest BCUT2D eigenvalue weighted by Gasteiger charge is 2.17. The van der Waals surface area contributed by atoms with E-state index in [-0.39, 0.29) is 30.3 Å². The number of para-hydroxylation sites is 1. The summed E-state index contributed by atoms with van der Waals surface area (Å²) in [6.45, 7) is 5.97. The number of nitrogens with one attached hydrogen (secondary N) is 3. The fourth-order valence-corrected chi connectivity index (χ4v) is 4.06. The van der Waals surface area contributed by atoms with E-state index in [1.807, 2.05) is 37.3 Å². The Labute approximate surface area is 199 Å². The predicted octanol–water partition coefficient (Wildman–Crippen LogP) is 1.89. The Morgan fingerprint density at radius 1 is 1.06 bits per heavy atom. The molecule has 0 fully saturated rings. The second-order valence-corrected chi connectivity index (χ2v) is 8.39. The Morgan fingerprint density at radius 3 is 2.56 bits per heavy atom. The van der Waals surface area contributed by atoms with Crippen LogP contribution in [0.1, 0.15) is 5.56 Å². The van der Waals surface area contributed by atoms with E-state index in [2.05, 4.69) is 32.9 Å². The van der Waals surface area contributed by atoms with Gasteiger partial charge in [0, 0.05) is 12.2 Å². The fourth-order valence-electron chi connectivity index (χ4n) is 3.32. The minimum Gasteiger partial charge on any atom is -0.376 e. The Bertz CT molecular complexity index is 1430. The van der Waals surface area contributed by atoms with Crippen LogP contribution in [0, 0.1) is 6.92 Å². The summed E-state index contributed by atoms with van der Waals surface area (Å²) >= 11 is 1.14. The molecule has 3 N–H and O–H groups in total. The summed E-state index contributed by atoms with van der Waals surface area (Å²) in [4.78, 5) is 37.1. The molecule has 4 rings (SSSR count). The smallest absolute Gasteiger partial charge is 0.263 e. The van der Waals surface area contributed by atoms with Crippen LogP contribution in [0.15, 0.2) is 71.1 Å². The SMILES string of the molecule is C=CCn1c(=O)c2ccccc2n2c(SCC(=O)NNC(=O)CNc3ccc(C)cc3)nnc12. The van der Waals surface area contributed by atoms with Gasteiger partial charge >= 0.3 is 0 Å². The Balaban J connectivity index is 1.40. The standard InChI is InChI=1S/C23H23N7O3S/c1-3-12-29-21(33)17-6-4-5-7-18(17)30-22(29)27-28-23(30)34-14-20(32)26-25-19(31)13-24-16-10-8-15(2)9-11-16/h3-11,24H,1,12-14H2,2H3,(H,25,31)(H,26,32). The molecule has 174 valence electrons. The highest BCUT2D eigenvalue weighted by atomic mass is 32.2. The predicted molar refractivity (Wildman–Crippen MR) is 132 cm³/mol. The number of carbonyl (C=O) groups excluding carboxylic acids is 2. The van der Waals surface area contributed by atoms with Gasteiger partial charge in [0.25, 0.3) is 11.5 Å². The van der Waals surface area contributed by atoms with Gasteiger partial charge in [-0.05, 0) is 31.2 Å². The molecule has 2 amide bonds. The lowest BCUT2D eigenvalue weighted by molar-refractivity contribution is -0.126. The number of benzene rings is 2. The maximum atomic E-state index is 12.8. The first kappa shape index (κ1) is 23.1. The molecule has 2 heterocycles. The van der Waals surface area contributed by atoms with Gasteiger partial charge in [-0.1, -0.05) is 47.7 Å². The first-order valence-corrected chi connectivity index (χ1v) is 11.4. The summed E-state index contributed by atoms with van der Waals surface area (Å²) < 4.78 is 3.22. The molecular formula is C23H23N7O3S. The largest absolute Gasteiger partial charge is 0.376 e. The van der Waals surface area contributed by atoms with E-state index in [0.717, 1.165) is 23.0 Å². The average molecular weight is 478 g/mol. The molecule has 0 unspecified atom stereocenters. The molecule has 0 aliphatic heterocycles. The maximum Gasteiger partial charge on any atom is 0.263 e. The lowest BCUT2D eigenvalue weighted by Crippen LogP contribution is -2.44. The second kappa shape index (κ2) is 10.2. The van der Waals surface area contributed by atoms with Gasteiger partial charge in [-0.2, -0.15) is 0 Å². The van der Waals surface area contributed by atoms with Crippen LogP contribution in [0.5, 0.6) is 0 Å². The van der Waals surface area contributed by atoms with Crippen molar-refractivity contribution in [3.05, 3.63) is 77.1 Å². The fraction of sp³-hybridized carbons (Fsp3) is 0.174. The van der Waals surface area contributed by atoms with Crippen LogP contribution in [-0.2, 0) is 16.1 Å². The maximum absolute atomic E-state index is 12.8. The van der Waals surface area contributed by atoms with Crippen LogP contribution < -0.4 is 21.7 Å². The number of hydrogen-bond acceptors (Lipinski definition) is 7. The van der Waals surface area contributed by atoms with Crippen molar-refractivity contribution in [3.8, 4) is 0 Å². The number of fused-ring (bicyclic) bond motifs is 3. The van der Waals surface area contributed by atoms with Crippen molar-refractivity contribution < 1.29 is 9.59 Å². The van der Waals surface area contributed by atoms with E-state index in [1.54, 1.807) is 28.7 Å². The van der Waals surface area contributed by atoms with Crippen LogP contribution in [-0.4, -0.2) is 43.3 Å². The number of aryl methyl sites for hydroxylation is 1. The molecule has 11 heteroatoms. The van der Waals surface area contributed by atoms with Crippen LogP contribution in [0.2, 0.25) is 0 Å². The Morgan fingerprint density at radius 2 is 1.79 bits per heavy atom. The summed E-state index contributed by atoms with van der Waals surface area (Å²) in [7, 11) is 0. The zero-order chi connectivity index (χ0) is 24.1. The van der Waals surface area contributed by atoms with Crippen molar-refractivity contribution in [1.29, 1.82) is 0 Å². The van der Waals surface area contributed by atoms with Gasteiger partial charge in [-0.3, -0.25) is 34.2 Å². The number of nitrogens with zero attached hydrogens (tertiary/aromatic N) is 4. The monoisotopic (exact) mass is 477 g/mol. The highest BCUT2D eigenvalue weighted by molar-refractivity contribution is 7.99. The molecule has 2 aromatic heterocycles. The number of carbonyl (C=O) groups is 2. The highest BCUT2D eigenvalue weighted by Crippen LogP contribution is 2.21. The molecule has 0 radical (unpaired) electrons. The van der Waals surface area contributed by atoms with Gasteiger partial charge in [-0.25, -0.2) is 0 Å². The number of hydrazine groups is 1. The van der Waals surface area contributed by atoms with E-state index in [9.17, 15) is 14.4 Å². The molecule has 0 saturated carbocycles. The van der Waals surface area contributed by atoms with Gasteiger partial charge in [0.2, 0.25) is 11.7 Å². The summed E-state index contributed by atoms with van der Waals surface area (Å²) in [6, 6.07) is 14.8. The molecule has 0 aliphatic carbocycles. The normalized spacial score (nSPS) is 10.9. The van der Waals surface area contributed by atoms with Gasteiger partial charge < -0.3 is 5.32 Å². The topological polar surface area (TPSA) is 122 Å². The molecule has 4 aromatic rings. The van der Waals surface area contributed by atoms with Crippen molar-refractivity contribution >= 4 is 45.9 Å². The molecule has 34 heavy (non-hydrogen) atoms. The summed E-state index contributed by atoms with van der Waals surface area (Å²) in [5.41, 5.74) is 7.16. The van der Waals surface area contributed by atoms with Gasteiger partial charge in [0.05, 0.1) is 23.2 Å². The Kier molecular flexibility index (Phi) is 6.93. The van der Waals surface area contributed by atoms with E-state index in [4.69, 9.17) is 0 Å². The lowest BCUT2D eigenvalue weighted by Gasteiger charge is -2.10. The second-order valence-electron chi connectivity index (χ2n) is 7.44. The molecule has 10 nitrogen and oxygen atoms in total. The van der Waals surface area contributed by atoms with Gasteiger partial charge in [-0.15, -0.1) is 16.8 Å². The van der Waals surface area contributed by atoms with Crippen molar-refractivity contribution in [2.24, 2.45) is 0 Å². The van der Waals surface area contributed by atoms with Crippen LogP contribution in [0.4, 0.5) is 5.69 Å². The molecule has 0 spiro atoms. The van der Waals surface area contributed by atoms with Crippen LogP contribution in [0.3, 0.4) is 0 Å². The zero-order valence-electron chi connectivity index (χ0n) is 18.4. The van der Waals surface area contributed by atoms with Crippen molar-refractivity contribution in [1.82, 2.24) is 30.0 Å². The first-order valence-electron chi connectivity index (χ1n) is 10.5. The van der Waals surface area contributed by atoms with Crippen molar-refractivity contribution in [2.45, 2.75) is 18.6 Å². The van der Waals surface area contributed by atoms with E-state index < -0.39 is 5.91 Å². The van der Waals surface area contributed by atoms with Crippen LogP contribution >= 0.6 is 11.8 Å². The quantitative estimate of drug-likeness (QED) is 0.201. The van der Waals surface area contributed by atoms with Gasteiger partial charge in [0.1, 0.15) is 0 Å². The molecule has 0 aliphatic rings. The molecule has 2 aromatic carbocycles. The first-order chi connectivity index (χ1) is 16.5. The third kappa shape index (κ3) is 4.94. The number of hydrogen-bond donors (Lipinski definition) is 3. The zero-order valence-corrected chi connectivity index (χ0v) is 19.3. The summed E-state index contributed by atoms with van der Waals surface area (Å²) in [5, 5.41) is 12.3. The number of aromatic nitrogens is 4.